The van der Waals surface area contributed by atoms with Gasteiger partial charge in [-0.3, -0.25) is 0 Å². The number of hydrogen-bond acceptors (Lipinski definition) is 2. The second-order valence-corrected chi connectivity index (χ2v) is 5.16. The lowest BCUT2D eigenvalue weighted by atomic mass is 10.1. The first kappa shape index (κ1) is 13.3. The molecule has 0 amide bonds. The number of hydrogen-bond donors (Lipinski definition) is 0. The molecule has 0 aliphatic carbocycles. The van der Waals surface area contributed by atoms with Gasteiger partial charge in [-0.25, -0.2) is 4.79 Å². The van der Waals surface area contributed by atoms with Crippen molar-refractivity contribution in [2.24, 2.45) is 0 Å². The zero-order valence-corrected chi connectivity index (χ0v) is 11.7. The molecule has 2 nitrogen and oxygen atoms in total. The van der Waals surface area contributed by atoms with E-state index in [1.54, 1.807) is 12.1 Å². The number of methoxy groups -OCH3 is 1. The van der Waals surface area contributed by atoms with Gasteiger partial charge in [0, 0.05) is 0 Å². The van der Waals surface area contributed by atoms with Crippen molar-refractivity contribution in [3.8, 4) is 0 Å². The summed E-state index contributed by atoms with van der Waals surface area (Å²) in [5.74, 6) is -0.304. The van der Waals surface area contributed by atoms with E-state index in [0.29, 0.717) is 15.1 Å². The summed E-state index contributed by atoms with van der Waals surface area (Å²) in [6, 6.07) is 17.7. The van der Waals surface area contributed by atoms with Crippen LogP contribution in [0.1, 0.15) is 15.9 Å². The van der Waals surface area contributed by atoms with Gasteiger partial charge in [0.1, 0.15) is 9.52 Å². The predicted octanol–water partition coefficient (Wildman–Crippen LogP) is 2.47. The molecule has 94 valence electrons. The molecule has 0 atom stereocenters. The molecule has 0 aromatic heterocycles. The molecule has 3 heteroatoms. The van der Waals surface area contributed by atoms with Crippen LogP contribution < -0.4 is 5.19 Å². The molecule has 2 aromatic carbocycles. The molecule has 0 spiro atoms. The fraction of sp³-hybridized carbons (Fsp3) is 0.0625. The van der Waals surface area contributed by atoms with Gasteiger partial charge in [0.2, 0.25) is 0 Å². The third-order valence-corrected chi connectivity index (χ3v) is 3.63. The normalized spacial score (nSPS) is 10.6. The van der Waals surface area contributed by atoms with E-state index in [4.69, 9.17) is 0 Å². The van der Waals surface area contributed by atoms with Crippen molar-refractivity contribution in [3.63, 3.8) is 0 Å². The highest BCUT2D eigenvalue weighted by molar-refractivity contribution is 6.59. The quantitative estimate of drug-likeness (QED) is 0.628. The average molecular weight is 266 g/mol. The molecular weight excluding hydrogens is 252 g/mol. The molecule has 0 saturated carbocycles. The Morgan fingerprint density at radius 1 is 1.05 bits per heavy atom. The second-order valence-electron chi connectivity index (χ2n) is 3.96. The number of carbonyl (C=O) groups is 1. The van der Waals surface area contributed by atoms with E-state index in [0.717, 1.165) is 5.56 Å². The first-order chi connectivity index (χ1) is 9.29. The molecule has 0 fully saturated rings. The summed E-state index contributed by atoms with van der Waals surface area (Å²) >= 11 is 0. The molecule has 19 heavy (non-hydrogen) atoms. The first-order valence-electron chi connectivity index (χ1n) is 5.96. The molecule has 2 aromatic rings. The summed E-state index contributed by atoms with van der Waals surface area (Å²) in [5, 5.41) is 1.31. The third-order valence-electron chi connectivity index (χ3n) is 2.63. The highest BCUT2D eigenvalue weighted by Crippen LogP contribution is 2.07. The minimum Gasteiger partial charge on any atom is -0.465 e. The standard InChI is InChI=1S/C16H14O2Si/c1-18-16(17)14-9-7-13(8-10-14)11-12-19-15-5-3-2-4-6-15/h2-12H,1H3/b12-11-. The van der Waals surface area contributed by atoms with Gasteiger partial charge in [0.05, 0.1) is 12.7 Å². The number of rotatable bonds is 4. The molecular formula is C16H14O2Si. The van der Waals surface area contributed by atoms with E-state index in [2.05, 4.69) is 28.6 Å². The first-order valence-corrected chi connectivity index (χ1v) is 7.04. The molecule has 2 rings (SSSR count). The van der Waals surface area contributed by atoms with Gasteiger partial charge >= 0.3 is 5.97 Å². The van der Waals surface area contributed by atoms with Crippen LogP contribution in [0.15, 0.2) is 60.3 Å². The minimum absolute atomic E-state index is 0.304. The van der Waals surface area contributed by atoms with Gasteiger partial charge in [0.25, 0.3) is 0 Å². The molecule has 0 bridgehead atoms. The Balaban J connectivity index is 1.98. The van der Waals surface area contributed by atoms with E-state index in [9.17, 15) is 4.79 Å². The molecule has 0 aliphatic rings. The Bertz CT molecular complexity index is 559. The van der Waals surface area contributed by atoms with E-state index >= 15 is 0 Å². The van der Waals surface area contributed by atoms with Gasteiger partial charge in [-0.05, 0) is 17.7 Å². The maximum Gasteiger partial charge on any atom is 0.337 e. The van der Waals surface area contributed by atoms with E-state index in [1.165, 1.54) is 12.3 Å². The molecule has 0 heterocycles. The van der Waals surface area contributed by atoms with E-state index < -0.39 is 0 Å². The van der Waals surface area contributed by atoms with Crippen LogP contribution in [0.3, 0.4) is 0 Å². The lowest BCUT2D eigenvalue weighted by Crippen LogP contribution is -2.09. The van der Waals surface area contributed by atoms with Crippen LogP contribution in [-0.2, 0) is 4.74 Å². The Kier molecular flexibility index (Phi) is 4.70. The van der Waals surface area contributed by atoms with E-state index in [-0.39, 0.29) is 5.97 Å². The smallest absolute Gasteiger partial charge is 0.337 e. The molecule has 2 radical (unpaired) electrons. The lowest BCUT2D eigenvalue weighted by Gasteiger charge is -1.99. The Morgan fingerprint density at radius 2 is 1.74 bits per heavy atom. The third kappa shape index (κ3) is 3.93. The number of benzene rings is 2. The number of carbonyl (C=O) groups excluding carboxylic acids is 1. The molecule has 0 N–H and O–H groups in total. The molecule has 0 saturated heterocycles. The second kappa shape index (κ2) is 6.71. The highest BCUT2D eigenvalue weighted by Gasteiger charge is 2.02. The highest BCUT2D eigenvalue weighted by atomic mass is 28.2. The van der Waals surface area contributed by atoms with Gasteiger partial charge < -0.3 is 4.74 Å². The molecule has 0 aliphatic heterocycles. The van der Waals surface area contributed by atoms with Gasteiger partial charge in [-0.2, -0.15) is 0 Å². The van der Waals surface area contributed by atoms with Crippen molar-refractivity contribution in [2.75, 3.05) is 7.11 Å². The lowest BCUT2D eigenvalue weighted by molar-refractivity contribution is 0.0601. The summed E-state index contributed by atoms with van der Waals surface area (Å²) in [6.45, 7) is 0. The molecule has 0 unspecified atom stereocenters. The minimum atomic E-state index is -0.304. The van der Waals surface area contributed by atoms with Crippen molar-refractivity contribution in [1.29, 1.82) is 0 Å². The van der Waals surface area contributed by atoms with Crippen molar-refractivity contribution in [3.05, 3.63) is 71.4 Å². The van der Waals surface area contributed by atoms with Crippen LogP contribution in [-0.4, -0.2) is 22.6 Å². The predicted molar refractivity (Wildman–Crippen MR) is 78.6 cm³/mol. The summed E-state index contributed by atoms with van der Waals surface area (Å²) in [4.78, 5) is 11.3. The summed E-state index contributed by atoms with van der Waals surface area (Å²) in [6.07, 6.45) is 2.06. The largest absolute Gasteiger partial charge is 0.465 e. The fourth-order valence-corrected chi connectivity index (χ4v) is 2.47. The van der Waals surface area contributed by atoms with Crippen LogP contribution >= 0.6 is 0 Å². The number of ether oxygens (including phenoxy) is 1. The summed E-state index contributed by atoms with van der Waals surface area (Å²) < 4.78 is 4.66. The summed E-state index contributed by atoms with van der Waals surface area (Å²) in [7, 11) is 2.04. The van der Waals surface area contributed by atoms with E-state index in [1.807, 2.05) is 30.3 Å². The average Bonchev–Trinajstić information content (AvgIpc) is 2.48. The Morgan fingerprint density at radius 3 is 2.37 bits per heavy atom. The zero-order chi connectivity index (χ0) is 13.5. The monoisotopic (exact) mass is 266 g/mol. The van der Waals surface area contributed by atoms with Crippen LogP contribution in [0.25, 0.3) is 6.08 Å². The van der Waals surface area contributed by atoms with Crippen LogP contribution in [0, 0.1) is 0 Å². The SMILES string of the molecule is COC(=O)c1ccc(/C=C\[Si]c2ccccc2)cc1. The van der Waals surface area contributed by atoms with Gasteiger partial charge in [-0.1, -0.05) is 59.4 Å². The van der Waals surface area contributed by atoms with Gasteiger partial charge in [0.15, 0.2) is 0 Å². The van der Waals surface area contributed by atoms with Crippen molar-refractivity contribution < 1.29 is 9.53 Å². The van der Waals surface area contributed by atoms with Crippen molar-refractivity contribution >= 4 is 26.8 Å². The van der Waals surface area contributed by atoms with Crippen LogP contribution in [0.4, 0.5) is 0 Å². The fourth-order valence-electron chi connectivity index (χ4n) is 1.62. The van der Waals surface area contributed by atoms with Crippen LogP contribution in [0.2, 0.25) is 0 Å². The maximum absolute atomic E-state index is 11.3. The maximum atomic E-state index is 11.3. The topological polar surface area (TPSA) is 26.3 Å². The van der Waals surface area contributed by atoms with Gasteiger partial charge in [-0.15, -0.1) is 0 Å². The number of esters is 1. The Labute approximate surface area is 115 Å². The zero-order valence-electron chi connectivity index (χ0n) is 10.7. The summed E-state index contributed by atoms with van der Waals surface area (Å²) in [5.41, 5.74) is 3.80. The van der Waals surface area contributed by atoms with Crippen molar-refractivity contribution in [1.82, 2.24) is 0 Å². The Hall–Kier alpha value is -2.13. The van der Waals surface area contributed by atoms with Crippen LogP contribution in [0.5, 0.6) is 0 Å². The van der Waals surface area contributed by atoms with Crippen molar-refractivity contribution in [2.45, 2.75) is 0 Å².